The molecule has 0 spiro atoms. The predicted molar refractivity (Wildman–Crippen MR) is 91.8 cm³/mol. The minimum Gasteiger partial charge on any atom is -0.313 e. The van der Waals surface area contributed by atoms with Crippen LogP contribution in [0.5, 0.6) is 0 Å². The third-order valence-electron chi connectivity index (χ3n) is 5.84. The maximum absolute atomic E-state index is 3.78. The van der Waals surface area contributed by atoms with Crippen molar-refractivity contribution in [3.05, 3.63) is 0 Å². The van der Waals surface area contributed by atoms with E-state index in [1.807, 2.05) is 0 Å². The first-order chi connectivity index (χ1) is 10.2. The van der Waals surface area contributed by atoms with Crippen LogP contribution in [0.1, 0.15) is 59.3 Å². The summed E-state index contributed by atoms with van der Waals surface area (Å²) in [4.78, 5) is 5.38. The summed E-state index contributed by atoms with van der Waals surface area (Å²) in [5.41, 5.74) is 0. The smallest absolute Gasteiger partial charge is 0.0253 e. The number of piperazine rings is 1. The number of nitrogens with zero attached hydrogens (tertiary/aromatic N) is 2. The molecule has 4 unspecified atom stereocenters. The molecule has 3 nitrogen and oxygen atoms in total. The van der Waals surface area contributed by atoms with Gasteiger partial charge in [0.2, 0.25) is 0 Å². The molecule has 2 aliphatic rings. The van der Waals surface area contributed by atoms with E-state index in [9.17, 15) is 0 Å². The normalized spacial score (nSPS) is 36.0. The van der Waals surface area contributed by atoms with Gasteiger partial charge in [0.05, 0.1) is 0 Å². The van der Waals surface area contributed by atoms with Gasteiger partial charge in [-0.15, -0.1) is 0 Å². The van der Waals surface area contributed by atoms with Gasteiger partial charge in [-0.2, -0.15) is 0 Å². The lowest BCUT2D eigenvalue weighted by Crippen LogP contribution is -2.60. The first-order valence-corrected chi connectivity index (χ1v) is 9.37. The van der Waals surface area contributed by atoms with Crippen LogP contribution in [0.3, 0.4) is 0 Å². The number of hydrogen-bond donors (Lipinski definition) is 1. The summed E-state index contributed by atoms with van der Waals surface area (Å²) >= 11 is 0. The van der Waals surface area contributed by atoms with Crippen LogP contribution in [0, 0.1) is 5.92 Å². The molecule has 21 heavy (non-hydrogen) atoms. The Morgan fingerprint density at radius 3 is 2.57 bits per heavy atom. The Morgan fingerprint density at radius 2 is 1.90 bits per heavy atom. The highest BCUT2D eigenvalue weighted by Crippen LogP contribution is 2.32. The van der Waals surface area contributed by atoms with Crippen molar-refractivity contribution in [3.63, 3.8) is 0 Å². The van der Waals surface area contributed by atoms with E-state index in [0.29, 0.717) is 0 Å². The van der Waals surface area contributed by atoms with Crippen molar-refractivity contribution in [2.24, 2.45) is 5.92 Å². The van der Waals surface area contributed by atoms with E-state index in [1.54, 1.807) is 0 Å². The number of rotatable bonds is 6. The molecule has 2 fully saturated rings. The molecule has 0 aromatic carbocycles. The van der Waals surface area contributed by atoms with Crippen molar-refractivity contribution in [1.29, 1.82) is 0 Å². The fourth-order valence-electron chi connectivity index (χ4n) is 4.52. The standard InChI is InChI=1S/C18H37N3/c1-5-8-15-9-10-17(19-7-3)18(13-15)21-12-11-20(4)16(6-2)14-21/h15-19H,5-14H2,1-4H3. The van der Waals surface area contributed by atoms with Crippen molar-refractivity contribution < 1.29 is 0 Å². The van der Waals surface area contributed by atoms with Crippen molar-refractivity contribution in [2.75, 3.05) is 33.2 Å². The largest absolute Gasteiger partial charge is 0.313 e. The summed E-state index contributed by atoms with van der Waals surface area (Å²) < 4.78 is 0. The van der Waals surface area contributed by atoms with Gasteiger partial charge < -0.3 is 10.2 Å². The van der Waals surface area contributed by atoms with Gasteiger partial charge in [-0.1, -0.05) is 33.6 Å². The second-order valence-electron chi connectivity index (χ2n) is 7.24. The van der Waals surface area contributed by atoms with E-state index in [-0.39, 0.29) is 0 Å². The number of hydrogen-bond acceptors (Lipinski definition) is 3. The highest BCUT2D eigenvalue weighted by molar-refractivity contribution is 4.94. The van der Waals surface area contributed by atoms with Crippen molar-refractivity contribution >= 4 is 0 Å². The van der Waals surface area contributed by atoms with Gasteiger partial charge in [-0.05, 0) is 45.2 Å². The van der Waals surface area contributed by atoms with Gasteiger partial charge in [0.15, 0.2) is 0 Å². The molecule has 0 bridgehead atoms. The van der Waals surface area contributed by atoms with E-state index in [0.717, 1.165) is 30.6 Å². The maximum Gasteiger partial charge on any atom is 0.0253 e. The molecule has 1 heterocycles. The lowest BCUT2D eigenvalue weighted by molar-refractivity contribution is 0.0243. The molecule has 1 aliphatic heterocycles. The van der Waals surface area contributed by atoms with E-state index >= 15 is 0 Å². The van der Waals surface area contributed by atoms with Crippen molar-refractivity contribution in [2.45, 2.75) is 77.4 Å². The molecule has 0 aromatic rings. The molecule has 0 aromatic heterocycles. The van der Waals surface area contributed by atoms with Gasteiger partial charge >= 0.3 is 0 Å². The zero-order chi connectivity index (χ0) is 15.2. The zero-order valence-electron chi connectivity index (χ0n) is 14.8. The molecule has 1 saturated heterocycles. The van der Waals surface area contributed by atoms with E-state index in [2.05, 4.69) is 42.9 Å². The molecule has 124 valence electrons. The van der Waals surface area contributed by atoms with Crippen LogP contribution in [0.15, 0.2) is 0 Å². The third-order valence-corrected chi connectivity index (χ3v) is 5.84. The van der Waals surface area contributed by atoms with Crippen LogP contribution >= 0.6 is 0 Å². The molecule has 1 aliphatic carbocycles. The predicted octanol–water partition coefficient (Wildman–Crippen LogP) is 2.96. The average Bonchev–Trinajstić information content (AvgIpc) is 2.50. The molecule has 3 heteroatoms. The minimum absolute atomic E-state index is 0.726. The molecule has 4 atom stereocenters. The van der Waals surface area contributed by atoms with Gasteiger partial charge in [-0.3, -0.25) is 4.90 Å². The van der Waals surface area contributed by atoms with Crippen molar-refractivity contribution in [3.8, 4) is 0 Å². The molecule has 1 N–H and O–H groups in total. The topological polar surface area (TPSA) is 18.5 Å². The third kappa shape index (κ3) is 4.43. The van der Waals surface area contributed by atoms with E-state index in [4.69, 9.17) is 0 Å². The molecular weight excluding hydrogens is 258 g/mol. The van der Waals surface area contributed by atoms with Gasteiger partial charge in [0.1, 0.15) is 0 Å². The molecule has 1 saturated carbocycles. The second kappa shape index (κ2) is 8.50. The lowest BCUT2D eigenvalue weighted by atomic mass is 9.79. The van der Waals surface area contributed by atoms with Crippen LogP contribution in [-0.4, -0.2) is 61.2 Å². The monoisotopic (exact) mass is 295 g/mol. The van der Waals surface area contributed by atoms with Gasteiger partial charge in [-0.25, -0.2) is 0 Å². The van der Waals surface area contributed by atoms with Gasteiger partial charge in [0.25, 0.3) is 0 Å². The summed E-state index contributed by atoms with van der Waals surface area (Å²) in [5.74, 6) is 0.967. The Balaban J connectivity index is 2.00. The van der Waals surface area contributed by atoms with Gasteiger partial charge in [0, 0.05) is 37.8 Å². The Bertz CT molecular complexity index is 294. The molecular formula is C18H37N3. The highest BCUT2D eigenvalue weighted by Gasteiger charge is 2.36. The van der Waals surface area contributed by atoms with Crippen LogP contribution in [0.2, 0.25) is 0 Å². The van der Waals surface area contributed by atoms with E-state index < -0.39 is 0 Å². The van der Waals surface area contributed by atoms with Crippen LogP contribution in [0.25, 0.3) is 0 Å². The maximum atomic E-state index is 3.78. The number of likely N-dealkylation sites (N-methyl/N-ethyl adjacent to an activating group) is 2. The van der Waals surface area contributed by atoms with E-state index in [1.165, 1.54) is 58.2 Å². The van der Waals surface area contributed by atoms with Crippen LogP contribution < -0.4 is 5.32 Å². The summed E-state index contributed by atoms with van der Waals surface area (Å²) in [6, 6.07) is 2.26. The van der Waals surface area contributed by atoms with Crippen LogP contribution in [-0.2, 0) is 0 Å². The zero-order valence-corrected chi connectivity index (χ0v) is 14.8. The molecule has 0 amide bonds. The first-order valence-electron chi connectivity index (χ1n) is 9.37. The highest BCUT2D eigenvalue weighted by atomic mass is 15.3. The Hall–Kier alpha value is -0.120. The summed E-state index contributed by atoms with van der Waals surface area (Å²) in [6.07, 6.45) is 8.30. The summed E-state index contributed by atoms with van der Waals surface area (Å²) in [5, 5.41) is 3.78. The quantitative estimate of drug-likeness (QED) is 0.813. The fraction of sp³-hybridized carbons (Fsp3) is 1.00. The van der Waals surface area contributed by atoms with Crippen molar-refractivity contribution in [1.82, 2.24) is 15.1 Å². The average molecular weight is 296 g/mol. The molecule has 2 rings (SSSR count). The Labute approximate surface area is 132 Å². The summed E-state index contributed by atoms with van der Waals surface area (Å²) in [6.45, 7) is 11.8. The summed E-state index contributed by atoms with van der Waals surface area (Å²) in [7, 11) is 2.30. The SMILES string of the molecule is CCCC1CCC(NCC)C(N2CCN(C)C(CC)C2)C1. The molecule has 0 radical (unpaired) electrons. The Morgan fingerprint density at radius 1 is 1.10 bits per heavy atom. The Kier molecular flexibility index (Phi) is 6.97. The minimum atomic E-state index is 0.726. The second-order valence-corrected chi connectivity index (χ2v) is 7.24. The first kappa shape index (κ1) is 17.2. The fourth-order valence-corrected chi connectivity index (χ4v) is 4.52. The van der Waals surface area contributed by atoms with Crippen LogP contribution in [0.4, 0.5) is 0 Å². The lowest BCUT2D eigenvalue weighted by Gasteiger charge is -2.48. The number of nitrogens with one attached hydrogen (secondary N) is 1.